The minimum absolute atomic E-state index is 0.313. The summed E-state index contributed by atoms with van der Waals surface area (Å²) in [5.74, 6) is 1.20. The van der Waals surface area contributed by atoms with E-state index in [1.807, 2.05) is 0 Å². The number of rotatable bonds is 4. The van der Waals surface area contributed by atoms with Crippen LogP contribution in [-0.4, -0.2) is 30.0 Å². The van der Waals surface area contributed by atoms with Gasteiger partial charge in [0.15, 0.2) is 11.5 Å². The smallest absolute Gasteiger partial charge is 0.227 e. The van der Waals surface area contributed by atoms with E-state index in [1.165, 1.54) is 12.1 Å². The lowest BCUT2D eigenvalue weighted by Crippen LogP contribution is -2.01. The van der Waals surface area contributed by atoms with Gasteiger partial charge in [-0.25, -0.2) is 4.39 Å². The summed E-state index contributed by atoms with van der Waals surface area (Å²) < 4.78 is 19.8. The molecular formula is C15H10ClFN6O. The topological polar surface area (TPSA) is 82.0 Å². The zero-order valence-electron chi connectivity index (χ0n) is 12.2. The van der Waals surface area contributed by atoms with E-state index < -0.39 is 0 Å². The number of halogens is 2. The molecule has 0 spiro atoms. The molecule has 0 aliphatic heterocycles. The molecule has 0 atom stereocenters. The maximum Gasteiger partial charge on any atom is 0.227 e. The van der Waals surface area contributed by atoms with Gasteiger partial charge in [0.1, 0.15) is 11.0 Å². The molecule has 3 heterocycles. The predicted octanol–water partition coefficient (Wildman–Crippen LogP) is 2.75. The number of aromatic nitrogens is 6. The number of fused-ring (bicyclic) bond motifs is 1. The van der Waals surface area contributed by atoms with Crippen molar-refractivity contribution in [3.63, 3.8) is 0 Å². The van der Waals surface area contributed by atoms with E-state index in [9.17, 15) is 4.39 Å². The molecule has 4 rings (SSSR count). The average molecular weight is 345 g/mol. The Morgan fingerprint density at radius 1 is 1.04 bits per heavy atom. The lowest BCUT2D eigenvalue weighted by atomic mass is 10.2. The minimum Gasteiger partial charge on any atom is -0.339 e. The lowest BCUT2D eigenvalue weighted by Gasteiger charge is -1.97. The van der Waals surface area contributed by atoms with Crippen LogP contribution in [0.3, 0.4) is 0 Å². The quantitative estimate of drug-likeness (QED) is 0.566. The molecule has 0 amide bonds. The second-order valence-corrected chi connectivity index (χ2v) is 5.45. The van der Waals surface area contributed by atoms with Crippen molar-refractivity contribution in [3.8, 4) is 11.4 Å². The van der Waals surface area contributed by atoms with Crippen molar-refractivity contribution in [1.82, 2.24) is 30.0 Å². The fraction of sp³-hybridized carbons (Fsp3) is 0.133. The molecule has 0 radical (unpaired) electrons. The van der Waals surface area contributed by atoms with Crippen LogP contribution in [-0.2, 0) is 12.8 Å². The molecule has 3 aromatic heterocycles. The predicted molar refractivity (Wildman–Crippen MR) is 82.9 cm³/mol. The summed E-state index contributed by atoms with van der Waals surface area (Å²) in [4.78, 5) is 4.30. The normalized spacial score (nSPS) is 11.2. The summed E-state index contributed by atoms with van der Waals surface area (Å²) >= 11 is 5.89. The van der Waals surface area contributed by atoms with Crippen molar-refractivity contribution >= 4 is 17.2 Å². The summed E-state index contributed by atoms with van der Waals surface area (Å²) in [5, 5.41) is 16.5. The van der Waals surface area contributed by atoms with Gasteiger partial charge >= 0.3 is 0 Å². The fourth-order valence-electron chi connectivity index (χ4n) is 2.26. The average Bonchev–Trinajstić information content (AvgIpc) is 3.20. The Kier molecular flexibility index (Phi) is 3.66. The largest absolute Gasteiger partial charge is 0.339 e. The van der Waals surface area contributed by atoms with Crippen molar-refractivity contribution in [2.45, 2.75) is 12.8 Å². The number of hydrogen-bond donors (Lipinski definition) is 0. The summed E-state index contributed by atoms with van der Waals surface area (Å²) in [7, 11) is 0. The van der Waals surface area contributed by atoms with E-state index in [0.717, 1.165) is 0 Å². The molecular weight excluding hydrogens is 335 g/mol. The van der Waals surface area contributed by atoms with Gasteiger partial charge in [0.25, 0.3) is 0 Å². The number of aryl methyl sites for hydroxylation is 2. The minimum atomic E-state index is -0.313. The maximum atomic E-state index is 12.9. The molecule has 0 aliphatic carbocycles. The summed E-state index contributed by atoms with van der Waals surface area (Å²) in [5.41, 5.74) is 1.31. The number of hydrogen-bond acceptors (Lipinski definition) is 6. The molecule has 0 saturated carbocycles. The lowest BCUT2D eigenvalue weighted by molar-refractivity contribution is 0.377. The van der Waals surface area contributed by atoms with E-state index in [2.05, 4.69) is 25.4 Å². The van der Waals surface area contributed by atoms with E-state index in [1.54, 1.807) is 28.8 Å². The first-order valence-corrected chi connectivity index (χ1v) is 7.52. The third kappa shape index (κ3) is 2.83. The SMILES string of the molecule is Fc1ccc(-c2noc(CCc3nnc4ccc(Cl)nn34)n2)cc1. The van der Waals surface area contributed by atoms with Crippen molar-refractivity contribution in [1.29, 1.82) is 0 Å². The maximum absolute atomic E-state index is 12.9. The van der Waals surface area contributed by atoms with Gasteiger partial charge in [0, 0.05) is 18.4 Å². The molecule has 1 aromatic carbocycles. The number of benzene rings is 1. The van der Waals surface area contributed by atoms with Crippen LogP contribution in [0, 0.1) is 5.82 Å². The first-order valence-electron chi connectivity index (χ1n) is 7.14. The van der Waals surface area contributed by atoms with Crippen LogP contribution in [0.5, 0.6) is 0 Å². The van der Waals surface area contributed by atoms with Crippen molar-refractivity contribution in [2.24, 2.45) is 0 Å². The molecule has 0 aliphatic rings. The molecule has 0 saturated heterocycles. The van der Waals surface area contributed by atoms with Crippen LogP contribution < -0.4 is 0 Å². The van der Waals surface area contributed by atoms with Gasteiger partial charge in [-0.15, -0.1) is 10.2 Å². The fourth-order valence-corrected chi connectivity index (χ4v) is 2.40. The van der Waals surface area contributed by atoms with Gasteiger partial charge in [-0.3, -0.25) is 0 Å². The van der Waals surface area contributed by atoms with Gasteiger partial charge in [0.05, 0.1) is 0 Å². The Morgan fingerprint density at radius 3 is 2.71 bits per heavy atom. The summed E-state index contributed by atoms with van der Waals surface area (Å²) in [6, 6.07) is 9.30. The van der Waals surface area contributed by atoms with Crippen LogP contribution in [0.15, 0.2) is 40.9 Å². The van der Waals surface area contributed by atoms with Gasteiger partial charge in [0.2, 0.25) is 11.7 Å². The summed E-state index contributed by atoms with van der Waals surface area (Å²) in [6.45, 7) is 0. The van der Waals surface area contributed by atoms with Crippen LogP contribution in [0.4, 0.5) is 4.39 Å². The van der Waals surface area contributed by atoms with E-state index in [4.69, 9.17) is 16.1 Å². The van der Waals surface area contributed by atoms with Crippen molar-refractivity contribution < 1.29 is 8.91 Å². The Morgan fingerprint density at radius 2 is 1.88 bits per heavy atom. The Hall–Kier alpha value is -2.87. The van der Waals surface area contributed by atoms with Crippen molar-refractivity contribution in [3.05, 3.63) is 59.1 Å². The van der Waals surface area contributed by atoms with Crippen molar-refractivity contribution in [2.75, 3.05) is 0 Å². The van der Waals surface area contributed by atoms with Crippen LogP contribution >= 0.6 is 11.6 Å². The second-order valence-electron chi connectivity index (χ2n) is 5.06. The van der Waals surface area contributed by atoms with Gasteiger partial charge in [-0.1, -0.05) is 16.8 Å². The molecule has 0 fully saturated rings. The highest BCUT2D eigenvalue weighted by Crippen LogP contribution is 2.17. The van der Waals surface area contributed by atoms with Crippen LogP contribution in [0.25, 0.3) is 17.0 Å². The first kappa shape index (κ1) is 14.7. The van der Waals surface area contributed by atoms with Gasteiger partial charge in [-0.2, -0.15) is 14.6 Å². The van der Waals surface area contributed by atoms with E-state index in [0.29, 0.717) is 46.7 Å². The van der Waals surface area contributed by atoms with Crippen LogP contribution in [0.2, 0.25) is 5.15 Å². The molecule has 0 bridgehead atoms. The highest BCUT2D eigenvalue weighted by atomic mass is 35.5. The Bertz CT molecular complexity index is 997. The third-order valence-electron chi connectivity index (χ3n) is 3.43. The molecule has 24 heavy (non-hydrogen) atoms. The standard InChI is InChI=1S/C15H10ClFN6O/c16-11-5-6-12-19-20-13(23(12)21-11)7-8-14-18-15(22-24-14)9-1-3-10(17)4-2-9/h1-6H,7-8H2. The molecule has 7 nitrogen and oxygen atoms in total. The van der Waals surface area contributed by atoms with E-state index in [-0.39, 0.29) is 5.82 Å². The Labute approximate surface area is 140 Å². The zero-order chi connectivity index (χ0) is 16.5. The van der Waals surface area contributed by atoms with Crippen LogP contribution in [0.1, 0.15) is 11.7 Å². The zero-order valence-corrected chi connectivity index (χ0v) is 13.0. The van der Waals surface area contributed by atoms with E-state index >= 15 is 0 Å². The second kappa shape index (κ2) is 5.97. The monoisotopic (exact) mass is 344 g/mol. The highest BCUT2D eigenvalue weighted by molar-refractivity contribution is 6.29. The van der Waals surface area contributed by atoms with Gasteiger partial charge < -0.3 is 4.52 Å². The molecule has 4 aromatic rings. The molecule has 0 unspecified atom stereocenters. The molecule has 0 N–H and O–H groups in total. The first-order chi connectivity index (χ1) is 11.7. The number of nitrogens with zero attached hydrogens (tertiary/aromatic N) is 6. The van der Waals surface area contributed by atoms with Gasteiger partial charge in [-0.05, 0) is 36.4 Å². The highest BCUT2D eigenvalue weighted by Gasteiger charge is 2.12. The molecule has 9 heteroatoms. The third-order valence-corrected chi connectivity index (χ3v) is 3.63. The Balaban J connectivity index is 1.51. The summed E-state index contributed by atoms with van der Waals surface area (Å²) in [6.07, 6.45) is 0.989. The molecule has 120 valence electrons.